The molecule has 2 N–H and O–H groups in total. The SMILES string of the molecule is CC1=Nc2ccccc2N/C(C)=C(/C(=O)c2ccc3ccccc3c2)C(C)=Nc2ccccc2N/C(C)=C\1C(=O)c1ccc2ccccc2c1. The largest absolute Gasteiger partial charge is 0.357 e. The van der Waals surface area contributed by atoms with Crippen LogP contribution in [-0.2, 0) is 0 Å². The van der Waals surface area contributed by atoms with Crippen LogP contribution in [0.5, 0.6) is 0 Å². The quantitative estimate of drug-likeness (QED) is 0.186. The number of benzene rings is 6. The van der Waals surface area contributed by atoms with Gasteiger partial charge in [-0.05, 0) is 85.6 Å². The van der Waals surface area contributed by atoms with Crippen molar-refractivity contribution >= 4 is 67.3 Å². The maximum absolute atomic E-state index is 14.4. The van der Waals surface area contributed by atoms with Crippen LogP contribution in [0.1, 0.15) is 48.4 Å². The Hall–Kier alpha value is -6.40. The van der Waals surface area contributed by atoms with Gasteiger partial charge in [0, 0.05) is 22.5 Å². The Balaban J connectivity index is 1.40. The summed E-state index contributed by atoms with van der Waals surface area (Å²) in [6.45, 7) is 7.48. The second-order valence-corrected chi connectivity index (χ2v) is 12.5. The smallest absolute Gasteiger partial charge is 0.196 e. The molecule has 7 rings (SSSR count). The van der Waals surface area contributed by atoms with E-state index in [1.54, 1.807) is 0 Å². The molecule has 0 saturated carbocycles. The summed E-state index contributed by atoms with van der Waals surface area (Å²) in [4.78, 5) is 38.9. The lowest BCUT2D eigenvalue weighted by Gasteiger charge is -2.19. The van der Waals surface area contributed by atoms with Gasteiger partial charge in [-0.3, -0.25) is 19.6 Å². The molecule has 1 aliphatic heterocycles. The molecule has 0 saturated heterocycles. The number of fused-ring (bicyclic) bond motifs is 4. The van der Waals surface area contributed by atoms with Crippen LogP contribution in [0.3, 0.4) is 0 Å². The third-order valence-electron chi connectivity index (χ3n) is 8.98. The number of Topliss-reactive ketones (excluding diaryl/α,β-unsaturated/α-hetero) is 2. The molecule has 0 spiro atoms. The number of carbonyl (C=O) groups excluding carboxylic acids is 2. The Morgan fingerprint density at radius 2 is 0.800 bits per heavy atom. The fraction of sp³-hybridized carbons (Fsp3) is 0.0909. The molecule has 0 radical (unpaired) electrons. The average Bonchev–Trinajstić information content (AvgIpc) is 3.12. The molecule has 0 unspecified atom stereocenters. The zero-order valence-electron chi connectivity index (χ0n) is 28.4. The highest BCUT2D eigenvalue weighted by Gasteiger charge is 2.23. The van der Waals surface area contributed by atoms with Gasteiger partial charge in [0.05, 0.1) is 45.3 Å². The molecule has 6 aromatic rings. The Morgan fingerprint density at radius 1 is 0.440 bits per heavy atom. The predicted molar refractivity (Wildman–Crippen MR) is 208 cm³/mol. The zero-order chi connectivity index (χ0) is 34.8. The summed E-state index contributed by atoms with van der Waals surface area (Å²) in [5, 5.41) is 11.1. The molecule has 0 aromatic heterocycles. The average molecular weight is 653 g/mol. The van der Waals surface area contributed by atoms with Gasteiger partial charge in [-0.25, -0.2) is 0 Å². The number of aliphatic imine (C=N–C) groups is 2. The first-order chi connectivity index (χ1) is 24.3. The van der Waals surface area contributed by atoms with Crippen LogP contribution in [0.15, 0.2) is 166 Å². The van der Waals surface area contributed by atoms with Gasteiger partial charge in [0.25, 0.3) is 0 Å². The van der Waals surface area contributed by atoms with Crippen LogP contribution in [0.2, 0.25) is 0 Å². The highest BCUT2D eigenvalue weighted by molar-refractivity contribution is 6.30. The Labute approximate surface area is 291 Å². The zero-order valence-corrected chi connectivity index (χ0v) is 28.4. The normalized spacial score (nSPS) is 16.6. The number of rotatable bonds is 4. The van der Waals surface area contributed by atoms with Crippen molar-refractivity contribution in [2.75, 3.05) is 10.6 Å². The first kappa shape index (κ1) is 32.2. The molecule has 6 heteroatoms. The monoisotopic (exact) mass is 652 g/mol. The van der Waals surface area contributed by atoms with Crippen molar-refractivity contribution in [1.29, 1.82) is 0 Å². The van der Waals surface area contributed by atoms with E-state index in [4.69, 9.17) is 9.98 Å². The fourth-order valence-corrected chi connectivity index (χ4v) is 6.52. The fourth-order valence-electron chi connectivity index (χ4n) is 6.52. The molecule has 1 aliphatic rings. The van der Waals surface area contributed by atoms with Gasteiger partial charge in [0.1, 0.15) is 0 Å². The van der Waals surface area contributed by atoms with Crippen LogP contribution in [0.4, 0.5) is 22.7 Å². The number of carbonyl (C=O) groups is 2. The van der Waals surface area contributed by atoms with Crippen molar-refractivity contribution in [1.82, 2.24) is 0 Å². The molecule has 0 amide bonds. The highest BCUT2D eigenvalue weighted by atomic mass is 16.1. The number of ketones is 2. The van der Waals surface area contributed by atoms with Crippen LogP contribution in [0.25, 0.3) is 21.5 Å². The van der Waals surface area contributed by atoms with Crippen LogP contribution in [0, 0.1) is 0 Å². The van der Waals surface area contributed by atoms with Crippen molar-refractivity contribution < 1.29 is 9.59 Å². The molecule has 0 aliphatic carbocycles. The molecule has 1 heterocycles. The Morgan fingerprint density at radius 3 is 1.22 bits per heavy atom. The van der Waals surface area contributed by atoms with Gasteiger partial charge in [0.2, 0.25) is 0 Å². The van der Waals surface area contributed by atoms with Crippen molar-refractivity contribution in [3.8, 4) is 0 Å². The van der Waals surface area contributed by atoms with Crippen molar-refractivity contribution in [2.24, 2.45) is 9.98 Å². The molecular formula is C44H36N4O2. The van der Waals surface area contributed by atoms with Crippen molar-refractivity contribution in [3.05, 3.63) is 167 Å². The summed E-state index contributed by atoms with van der Waals surface area (Å²) < 4.78 is 0. The number of anilines is 2. The van der Waals surface area contributed by atoms with E-state index in [1.165, 1.54) is 0 Å². The van der Waals surface area contributed by atoms with E-state index in [0.29, 0.717) is 67.8 Å². The number of allylic oxidation sites excluding steroid dienone is 4. The number of nitrogens with one attached hydrogen (secondary N) is 2. The molecule has 6 aromatic carbocycles. The number of hydrogen-bond donors (Lipinski definition) is 2. The molecular weight excluding hydrogens is 617 g/mol. The topological polar surface area (TPSA) is 82.9 Å². The minimum absolute atomic E-state index is 0.143. The second-order valence-electron chi connectivity index (χ2n) is 12.5. The predicted octanol–water partition coefficient (Wildman–Crippen LogP) is 11.0. The minimum Gasteiger partial charge on any atom is -0.357 e. The first-order valence-corrected chi connectivity index (χ1v) is 16.6. The third kappa shape index (κ3) is 6.39. The van der Waals surface area contributed by atoms with Gasteiger partial charge in [-0.1, -0.05) is 97.1 Å². The van der Waals surface area contributed by atoms with Gasteiger partial charge < -0.3 is 10.6 Å². The van der Waals surface area contributed by atoms with Crippen molar-refractivity contribution in [3.63, 3.8) is 0 Å². The minimum atomic E-state index is -0.143. The number of nitrogens with zero attached hydrogens (tertiary/aromatic N) is 2. The maximum Gasteiger partial charge on any atom is 0.196 e. The highest BCUT2D eigenvalue weighted by Crippen LogP contribution is 2.33. The summed E-state index contributed by atoms with van der Waals surface area (Å²) in [5.74, 6) is -0.285. The van der Waals surface area contributed by atoms with E-state index in [2.05, 4.69) is 10.6 Å². The maximum atomic E-state index is 14.4. The van der Waals surface area contributed by atoms with Crippen LogP contribution >= 0.6 is 0 Å². The summed E-state index contributed by atoms with van der Waals surface area (Å²) in [7, 11) is 0. The number of para-hydroxylation sites is 4. The summed E-state index contributed by atoms with van der Waals surface area (Å²) in [6.07, 6.45) is 0. The number of hydrogen-bond acceptors (Lipinski definition) is 6. The third-order valence-corrected chi connectivity index (χ3v) is 8.98. The summed E-state index contributed by atoms with van der Waals surface area (Å²) >= 11 is 0. The molecule has 0 bridgehead atoms. The van der Waals surface area contributed by atoms with E-state index < -0.39 is 0 Å². The van der Waals surface area contributed by atoms with Crippen molar-refractivity contribution in [2.45, 2.75) is 27.7 Å². The van der Waals surface area contributed by atoms with Crippen LogP contribution in [-0.4, -0.2) is 23.0 Å². The first-order valence-electron chi connectivity index (χ1n) is 16.6. The lowest BCUT2D eigenvalue weighted by Crippen LogP contribution is -2.18. The van der Waals surface area contributed by atoms with E-state index >= 15 is 0 Å². The molecule has 0 atom stereocenters. The molecule has 50 heavy (non-hydrogen) atoms. The van der Waals surface area contributed by atoms with E-state index in [9.17, 15) is 9.59 Å². The molecule has 244 valence electrons. The van der Waals surface area contributed by atoms with Gasteiger partial charge in [0.15, 0.2) is 11.6 Å². The lowest BCUT2D eigenvalue weighted by molar-refractivity contribution is 0.103. The van der Waals surface area contributed by atoms with Gasteiger partial charge in [-0.2, -0.15) is 0 Å². The Kier molecular flexibility index (Phi) is 8.75. The summed E-state index contributed by atoms with van der Waals surface area (Å²) in [5.41, 5.74) is 7.07. The Bertz CT molecular complexity index is 2290. The second kappa shape index (κ2) is 13.6. The lowest BCUT2D eigenvalue weighted by atomic mass is 9.95. The standard InChI is InChI=1S/C44H36N4O2/c1-27-41(43(49)35-23-21-31-13-5-7-15-33(31)25-35)28(2)46-39-19-11-12-20-40(39)48-30(4)42(29(3)47-38-18-10-9-17-37(38)45-27)44(50)36-24-22-32-14-6-8-16-34(32)26-36/h5-26,45,48H,1-4H3/b41-27+,42-30+,46-28?,47-29?. The van der Waals surface area contributed by atoms with Gasteiger partial charge >= 0.3 is 0 Å². The van der Waals surface area contributed by atoms with Gasteiger partial charge in [-0.15, -0.1) is 0 Å². The van der Waals surface area contributed by atoms with Crippen LogP contribution < -0.4 is 10.6 Å². The van der Waals surface area contributed by atoms with E-state index in [0.717, 1.165) is 21.5 Å². The molecule has 6 nitrogen and oxygen atoms in total. The summed E-state index contributed by atoms with van der Waals surface area (Å²) in [6, 6.07) is 42.8. The van der Waals surface area contributed by atoms with E-state index in [-0.39, 0.29) is 11.6 Å². The van der Waals surface area contributed by atoms with E-state index in [1.807, 2.05) is 161 Å². The molecule has 0 fully saturated rings.